The van der Waals surface area contributed by atoms with Gasteiger partial charge in [-0.05, 0) is 25.1 Å². The third-order valence-corrected chi connectivity index (χ3v) is 4.96. The minimum absolute atomic E-state index is 0.244. The van der Waals surface area contributed by atoms with Gasteiger partial charge in [-0.15, -0.1) is 0 Å². The normalized spacial score (nSPS) is 10.3. The maximum absolute atomic E-state index is 12.8. The molecule has 0 aliphatic rings. The first-order chi connectivity index (χ1) is 14.1. The van der Waals surface area contributed by atoms with Gasteiger partial charge in [-0.1, -0.05) is 41.7 Å². The quantitative estimate of drug-likeness (QED) is 0.584. The lowest BCUT2D eigenvalue weighted by Crippen LogP contribution is -2.13. The fourth-order valence-electron chi connectivity index (χ4n) is 2.66. The van der Waals surface area contributed by atoms with Gasteiger partial charge in [-0.25, -0.2) is 9.78 Å². The predicted octanol–water partition coefficient (Wildman–Crippen LogP) is 4.26. The number of nitrogens with zero attached hydrogens (tertiary/aromatic N) is 1. The minimum atomic E-state index is -0.483. The molecule has 1 N–H and O–H groups in total. The van der Waals surface area contributed by atoms with Crippen molar-refractivity contribution in [2.45, 2.75) is 6.92 Å². The molecule has 150 valence electrons. The van der Waals surface area contributed by atoms with E-state index in [0.717, 1.165) is 16.9 Å². The van der Waals surface area contributed by atoms with Crippen LogP contribution in [-0.4, -0.2) is 37.7 Å². The zero-order valence-corrected chi connectivity index (χ0v) is 17.0. The molecule has 0 radical (unpaired) electrons. The molecule has 2 aromatic carbocycles. The monoisotopic (exact) mass is 412 g/mol. The molecular formula is C21H20N2O5S. The lowest BCUT2D eigenvalue weighted by atomic mass is 10.1. The zero-order chi connectivity index (χ0) is 20.8. The Morgan fingerprint density at radius 2 is 1.83 bits per heavy atom. The molecule has 0 atom stereocenters. The Kier molecular flexibility index (Phi) is 6.46. The van der Waals surface area contributed by atoms with Crippen LogP contribution in [0.5, 0.6) is 11.5 Å². The molecule has 0 aliphatic carbocycles. The van der Waals surface area contributed by atoms with E-state index < -0.39 is 11.9 Å². The average molecular weight is 412 g/mol. The highest BCUT2D eigenvalue weighted by Crippen LogP contribution is 2.33. The summed E-state index contributed by atoms with van der Waals surface area (Å²) in [5, 5.41) is 3.02. The summed E-state index contributed by atoms with van der Waals surface area (Å²) in [5.74, 6) is 0.00821. The number of aromatic nitrogens is 1. The van der Waals surface area contributed by atoms with Crippen LogP contribution in [0.4, 0.5) is 5.13 Å². The molecule has 1 amide bonds. The van der Waals surface area contributed by atoms with Crippen LogP contribution in [0.3, 0.4) is 0 Å². The van der Waals surface area contributed by atoms with Crippen molar-refractivity contribution >= 4 is 28.3 Å². The number of carbonyl (C=O) groups excluding carboxylic acids is 2. The van der Waals surface area contributed by atoms with Crippen molar-refractivity contribution in [1.82, 2.24) is 4.98 Å². The van der Waals surface area contributed by atoms with E-state index in [1.807, 2.05) is 30.3 Å². The van der Waals surface area contributed by atoms with Crippen LogP contribution in [0.25, 0.3) is 11.3 Å². The van der Waals surface area contributed by atoms with Gasteiger partial charge in [-0.2, -0.15) is 0 Å². The molecule has 0 spiro atoms. The maximum Gasteiger partial charge on any atom is 0.350 e. The van der Waals surface area contributed by atoms with Crippen LogP contribution in [0.2, 0.25) is 0 Å². The zero-order valence-electron chi connectivity index (χ0n) is 16.2. The fourth-order valence-corrected chi connectivity index (χ4v) is 3.53. The Hall–Kier alpha value is -3.39. The number of hydrogen-bond donors (Lipinski definition) is 1. The standard InChI is InChI=1S/C21H20N2O5S/c1-4-28-20(25)18-17(13-8-6-5-7-9-13)22-21(29-18)23-19(24)15-12-14(26-2)10-11-16(15)27-3/h5-12H,4H2,1-3H3,(H,22,23,24). The van der Waals surface area contributed by atoms with Crippen LogP contribution < -0.4 is 14.8 Å². The van der Waals surface area contributed by atoms with Crippen molar-refractivity contribution in [1.29, 1.82) is 0 Å². The highest BCUT2D eigenvalue weighted by atomic mass is 32.1. The Morgan fingerprint density at radius 3 is 2.48 bits per heavy atom. The first-order valence-corrected chi connectivity index (χ1v) is 9.65. The van der Waals surface area contributed by atoms with Gasteiger partial charge in [0, 0.05) is 5.56 Å². The third kappa shape index (κ3) is 4.55. The minimum Gasteiger partial charge on any atom is -0.497 e. The van der Waals surface area contributed by atoms with Crippen molar-refractivity contribution in [2.75, 3.05) is 26.1 Å². The first kappa shape index (κ1) is 20.3. The second-order valence-electron chi connectivity index (χ2n) is 5.80. The topological polar surface area (TPSA) is 86.8 Å². The lowest BCUT2D eigenvalue weighted by Gasteiger charge is -2.09. The van der Waals surface area contributed by atoms with Gasteiger partial charge < -0.3 is 14.2 Å². The van der Waals surface area contributed by atoms with Gasteiger partial charge in [0.1, 0.15) is 16.4 Å². The third-order valence-electron chi connectivity index (χ3n) is 4.01. The molecule has 0 saturated carbocycles. The van der Waals surface area contributed by atoms with Gasteiger partial charge in [0.25, 0.3) is 5.91 Å². The fraction of sp³-hybridized carbons (Fsp3) is 0.190. The number of methoxy groups -OCH3 is 2. The SMILES string of the molecule is CCOC(=O)c1sc(NC(=O)c2cc(OC)ccc2OC)nc1-c1ccccc1. The van der Waals surface area contributed by atoms with Gasteiger partial charge in [0.2, 0.25) is 0 Å². The number of anilines is 1. The number of amides is 1. The molecular weight excluding hydrogens is 392 g/mol. The highest BCUT2D eigenvalue weighted by Gasteiger charge is 2.22. The van der Waals surface area contributed by atoms with E-state index in [0.29, 0.717) is 27.6 Å². The Bertz CT molecular complexity index is 1020. The summed E-state index contributed by atoms with van der Waals surface area (Å²) in [6.07, 6.45) is 0. The van der Waals surface area contributed by atoms with Crippen LogP contribution in [0, 0.1) is 0 Å². The predicted molar refractivity (Wildman–Crippen MR) is 111 cm³/mol. The summed E-state index contributed by atoms with van der Waals surface area (Å²) < 4.78 is 15.6. The van der Waals surface area contributed by atoms with Crippen LogP contribution in [0.15, 0.2) is 48.5 Å². The molecule has 0 fully saturated rings. The molecule has 0 aliphatic heterocycles. The first-order valence-electron chi connectivity index (χ1n) is 8.84. The van der Waals surface area contributed by atoms with E-state index in [1.54, 1.807) is 25.1 Å². The van der Waals surface area contributed by atoms with Crippen molar-refractivity contribution in [3.8, 4) is 22.8 Å². The number of rotatable bonds is 7. The molecule has 29 heavy (non-hydrogen) atoms. The van der Waals surface area contributed by atoms with Gasteiger partial charge in [0.15, 0.2) is 5.13 Å². The second kappa shape index (κ2) is 9.20. The maximum atomic E-state index is 12.8. The van der Waals surface area contributed by atoms with Gasteiger partial charge >= 0.3 is 5.97 Å². The number of carbonyl (C=O) groups is 2. The number of benzene rings is 2. The summed E-state index contributed by atoms with van der Waals surface area (Å²) in [6.45, 7) is 1.98. The molecule has 1 aromatic heterocycles. The molecule has 3 rings (SSSR count). The van der Waals surface area contributed by atoms with E-state index >= 15 is 0 Å². The van der Waals surface area contributed by atoms with Crippen LogP contribution >= 0.6 is 11.3 Å². The lowest BCUT2D eigenvalue weighted by molar-refractivity contribution is 0.0532. The van der Waals surface area contributed by atoms with Crippen molar-refractivity contribution in [2.24, 2.45) is 0 Å². The number of esters is 1. The van der Waals surface area contributed by atoms with E-state index in [4.69, 9.17) is 14.2 Å². The molecule has 0 unspecified atom stereocenters. The number of hydrogen-bond acceptors (Lipinski definition) is 7. The summed E-state index contributed by atoms with van der Waals surface area (Å²) in [7, 11) is 3.00. The van der Waals surface area contributed by atoms with Crippen molar-refractivity contribution < 1.29 is 23.8 Å². The highest BCUT2D eigenvalue weighted by molar-refractivity contribution is 7.18. The number of ether oxygens (including phenoxy) is 3. The van der Waals surface area contributed by atoms with Crippen LogP contribution in [0.1, 0.15) is 27.0 Å². The summed E-state index contributed by atoms with van der Waals surface area (Å²) in [5.41, 5.74) is 1.51. The second-order valence-corrected chi connectivity index (χ2v) is 6.80. The summed E-state index contributed by atoms with van der Waals surface area (Å²) in [4.78, 5) is 30.0. The molecule has 3 aromatic rings. The van der Waals surface area contributed by atoms with Gasteiger partial charge in [-0.3, -0.25) is 10.1 Å². The van der Waals surface area contributed by atoms with E-state index in [1.165, 1.54) is 14.2 Å². The Morgan fingerprint density at radius 1 is 1.07 bits per heavy atom. The van der Waals surface area contributed by atoms with Gasteiger partial charge in [0.05, 0.1) is 32.1 Å². The summed E-state index contributed by atoms with van der Waals surface area (Å²) >= 11 is 1.06. The molecule has 0 saturated heterocycles. The smallest absolute Gasteiger partial charge is 0.350 e. The van der Waals surface area contributed by atoms with E-state index in [2.05, 4.69) is 10.3 Å². The Balaban J connectivity index is 1.96. The van der Waals surface area contributed by atoms with Crippen molar-refractivity contribution in [3.05, 3.63) is 59.0 Å². The molecule has 8 heteroatoms. The van der Waals surface area contributed by atoms with Crippen LogP contribution in [-0.2, 0) is 4.74 Å². The summed E-state index contributed by atoms with van der Waals surface area (Å²) in [6, 6.07) is 14.2. The average Bonchev–Trinajstić information content (AvgIpc) is 3.18. The van der Waals surface area contributed by atoms with E-state index in [-0.39, 0.29) is 11.7 Å². The van der Waals surface area contributed by atoms with E-state index in [9.17, 15) is 9.59 Å². The molecule has 7 nitrogen and oxygen atoms in total. The Labute approximate surface area is 172 Å². The molecule has 1 heterocycles. The number of nitrogens with one attached hydrogen (secondary N) is 1. The molecule has 0 bridgehead atoms. The van der Waals surface area contributed by atoms with Crippen molar-refractivity contribution in [3.63, 3.8) is 0 Å². The largest absolute Gasteiger partial charge is 0.497 e. The number of thiazole rings is 1.